The predicted molar refractivity (Wildman–Crippen MR) is 231 cm³/mol. The molecule has 2 fully saturated rings. The lowest BCUT2D eigenvalue weighted by atomic mass is 9.94. The highest BCUT2D eigenvalue weighted by Gasteiger charge is 2.32. The van der Waals surface area contributed by atoms with Crippen molar-refractivity contribution in [2.45, 2.75) is 37.5 Å². The molecular formula is C42H38N12O5S2. The van der Waals surface area contributed by atoms with E-state index in [1.165, 1.54) is 9.03 Å². The van der Waals surface area contributed by atoms with Crippen LogP contribution in [0.4, 0.5) is 11.6 Å². The van der Waals surface area contributed by atoms with Crippen LogP contribution in [-0.4, -0.2) is 84.9 Å². The van der Waals surface area contributed by atoms with Gasteiger partial charge in [0.25, 0.3) is 5.91 Å². The van der Waals surface area contributed by atoms with Crippen LogP contribution in [0.3, 0.4) is 0 Å². The van der Waals surface area contributed by atoms with Crippen molar-refractivity contribution in [1.29, 1.82) is 5.26 Å². The lowest BCUT2D eigenvalue weighted by Gasteiger charge is -2.23. The van der Waals surface area contributed by atoms with Gasteiger partial charge in [-0.05, 0) is 49.9 Å². The number of nitrogens with zero attached hydrogens (tertiary/aromatic N) is 9. The fourth-order valence-electron chi connectivity index (χ4n) is 8.19. The molecule has 0 atom stereocenters. The molecule has 1 amide bonds. The molecule has 6 aromatic heterocycles. The van der Waals surface area contributed by atoms with Crippen LogP contribution in [0.25, 0.3) is 55.4 Å². The molecule has 19 heteroatoms. The van der Waals surface area contributed by atoms with Crippen molar-refractivity contribution in [2.75, 3.05) is 34.5 Å². The average molecular weight is 855 g/mol. The van der Waals surface area contributed by atoms with Crippen molar-refractivity contribution in [1.82, 2.24) is 39.2 Å². The molecule has 0 spiro atoms. The van der Waals surface area contributed by atoms with Gasteiger partial charge >= 0.3 is 0 Å². The summed E-state index contributed by atoms with van der Waals surface area (Å²) in [5, 5.41) is 20.3. The smallest absolute Gasteiger partial charge is 0.254 e. The van der Waals surface area contributed by atoms with E-state index in [-0.39, 0.29) is 57.6 Å². The van der Waals surface area contributed by atoms with Gasteiger partial charge in [-0.3, -0.25) is 14.8 Å². The number of sulfone groups is 2. The monoisotopic (exact) mass is 854 g/mol. The minimum Gasteiger partial charge on any atom is -0.383 e. The number of nitrogen functional groups attached to an aromatic ring is 2. The second-order valence-electron chi connectivity index (χ2n) is 15.3. The first-order valence-electron chi connectivity index (χ1n) is 19.5. The van der Waals surface area contributed by atoms with Gasteiger partial charge in [0.2, 0.25) is 0 Å². The summed E-state index contributed by atoms with van der Waals surface area (Å²) in [6.45, 7) is 0. The third-order valence-electron chi connectivity index (χ3n) is 11.5. The molecule has 2 aliphatic rings. The van der Waals surface area contributed by atoms with E-state index in [0.29, 0.717) is 53.9 Å². The summed E-state index contributed by atoms with van der Waals surface area (Å²) in [6.07, 6.45) is 8.40. The zero-order valence-electron chi connectivity index (χ0n) is 32.5. The number of nitrogens with two attached hydrogens (primary N) is 3. The third kappa shape index (κ3) is 7.33. The number of amides is 1. The van der Waals surface area contributed by atoms with Crippen molar-refractivity contribution in [3.63, 3.8) is 0 Å². The van der Waals surface area contributed by atoms with E-state index in [9.17, 15) is 26.9 Å². The maximum absolute atomic E-state index is 12.2. The average Bonchev–Trinajstić information content (AvgIpc) is 3.89. The molecule has 8 aromatic rings. The van der Waals surface area contributed by atoms with Crippen molar-refractivity contribution in [3.8, 4) is 28.3 Å². The number of fused-ring (bicyclic) bond motifs is 4. The van der Waals surface area contributed by atoms with Gasteiger partial charge < -0.3 is 17.2 Å². The normalized spacial score (nSPS) is 16.6. The van der Waals surface area contributed by atoms with Crippen LogP contribution >= 0.6 is 0 Å². The fourth-order valence-corrected chi connectivity index (χ4v) is 11.2. The van der Waals surface area contributed by atoms with Crippen LogP contribution in [0, 0.1) is 11.3 Å². The van der Waals surface area contributed by atoms with E-state index in [2.05, 4.69) is 26.2 Å². The zero-order chi connectivity index (χ0) is 42.6. The van der Waals surface area contributed by atoms with Crippen LogP contribution in [0.5, 0.6) is 0 Å². The Bertz CT molecular complexity index is 3330. The highest BCUT2D eigenvalue weighted by atomic mass is 32.2. The van der Waals surface area contributed by atoms with E-state index >= 15 is 0 Å². The summed E-state index contributed by atoms with van der Waals surface area (Å²) in [5.74, 6) is -0.478. The molecule has 2 aliphatic heterocycles. The van der Waals surface area contributed by atoms with Crippen molar-refractivity contribution in [2.24, 2.45) is 5.73 Å². The Balaban J connectivity index is 0.000000156. The first-order valence-corrected chi connectivity index (χ1v) is 23.1. The SMILES string of the molecule is N#Cc1c(C2CCS(=O)(=O)CC2)nc2c(-c3cnc4ccccc4c3)cnn2c1N.NC(=O)c1c(C2CCS(=O)(=O)CC2)nc2c(-c3cnc4ccccc4c3)cnn2c1N. The number of pyridine rings is 2. The number of aromatic nitrogens is 8. The molecule has 6 N–H and O–H groups in total. The molecule has 0 saturated carbocycles. The van der Waals surface area contributed by atoms with Gasteiger partial charge in [-0.1, -0.05) is 36.4 Å². The number of hydrogen-bond acceptors (Lipinski definition) is 14. The molecule has 8 heterocycles. The molecule has 2 saturated heterocycles. The lowest BCUT2D eigenvalue weighted by Crippen LogP contribution is -2.27. The first-order chi connectivity index (χ1) is 29.3. The Morgan fingerprint density at radius 3 is 1.57 bits per heavy atom. The molecule has 17 nitrogen and oxygen atoms in total. The summed E-state index contributed by atoms with van der Waals surface area (Å²) < 4.78 is 50.3. The summed E-state index contributed by atoms with van der Waals surface area (Å²) >= 11 is 0. The maximum Gasteiger partial charge on any atom is 0.254 e. The van der Waals surface area contributed by atoms with Crippen LogP contribution < -0.4 is 17.2 Å². The number of nitriles is 1. The van der Waals surface area contributed by atoms with Gasteiger partial charge in [-0.2, -0.15) is 24.5 Å². The molecule has 2 aromatic carbocycles. The van der Waals surface area contributed by atoms with Gasteiger partial charge in [0.15, 0.2) is 11.3 Å². The number of para-hydroxylation sites is 2. The quantitative estimate of drug-likeness (QED) is 0.213. The first kappa shape index (κ1) is 39.4. The summed E-state index contributed by atoms with van der Waals surface area (Å²) in [7, 11) is -6.10. The Hall–Kier alpha value is -7.04. The number of anilines is 2. The maximum atomic E-state index is 12.2. The largest absolute Gasteiger partial charge is 0.383 e. The van der Waals surface area contributed by atoms with E-state index in [4.69, 9.17) is 27.2 Å². The van der Waals surface area contributed by atoms with Crippen LogP contribution in [-0.2, 0) is 19.7 Å². The van der Waals surface area contributed by atoms with Gasteiger partial charge in [-0.15, -0.1) is 0 Å². The van der Waals surface area contributed by atoms with Gasteiger partial charge in [-0.25, -0.2) is 26.8 Å². The number of carbonyl (C=O) groups excluding carboxylic acids is 1. The Morgan fingerprint density at radius 2 is 1.10 bits per heavy atom. The predicted octanol–water partition coefficient (Wildman–Crippen LogP) is 4.61. The second kappa shape index (κ2) is 15.2. The Kier molecular flexibility index (Phi) is 9.83. The van der Waals surface area contributed by atoms with Crippen molar-refractivity contribution in [3.05, 3.63) is 108 Å². The third-order valence-corrected chi connectivity index (χ3v) is 14.9. The summed E-state index contributed by atoms with van der Waals surface area (Å²) in [4.78, 5) is 30.7. The number of hydrogen-bond donors (Lipinski definition) is 3. The number of carbonyl (C=O) groups is 1. The van der Waals surface area contributed by atoms with E-state index < -0.39 is 25.6 Å². The molecule has 0 bridgehead atoms. The molecule has 61 heavy (non-hydrogen) atoms. The van der Waals surface area contributed by atoms with Crippen molar-refractivity contribution < 1.29 is 21.6 Å². The second-order valence-corrected chi connectivity index (χ2v) is 19.9. The van der Waals surface area contributed by atoms with E-state index in [1.54, 1.807) is 24.8 Å². The van der Waals surface area contributed by atoms with Crippen LogP contribution in [0.1, 0.15) is 64.8 Å². The summed E-state index contributed by atoms with van der Waals surface area (Å²) in [5.41, 5.74) is 25.4. The van der Waals surface area contributed by atoms with Gasteiger partial charge in [0.1, 0.15) is 48.5 Å². The topological polar surface area (TPSA) is 273 Å². The van der Waals surface area contributed by atoms with Gasteiger partial charge in [0, 0.05) is 57.3 Å². The molecule has 10 rings (SSSR count). The molecule has 308 valence electrons. The molecular weight excluding hydrogens is 817 g/mol. The lowest BCUT2D eigenvalue weighted by molar-refractivity contribution is 0.0998. The minimum atomic E-state index is -3.07. The van der Waals surface area contributed by atoms with E-state index in [0.717, 1.165) is 38.5 Å². The van der Waals surface area contributed by atoms with Crippen LogP contribution in [0.2, 0.25) is 0 Å². The number of rotatable bonds is 5. The number of benzene rings is 2. The number of primary amides is 1. The molecule has 0 aliphatic carbocycles. The minimum absolute atomic E-state index is 0.0450. The van der Waals surface area contributed by atoms with Gasteiger partial charge in [0.05, 0.1) is 57.8 Å². The Labute approximate surface area is 349 Å². The summed E-state index contributed by atoms with van der Waals surface area (Å²) in [6, 6.07) is 21.7. The molecule has 0 unspecified atom stereocenters. The highest BCUT2D eigenvalue weighted by Crippen LogP contribution is 2.37. The Morgan fingerprint density at radius 1 is 0.656 bits per heavy atom. The zero-order valence-corrected chi connectivity index (χ0v) is 34.1. The van der Waals surface area contributed by atoms with Crippen molar-refractivity contribution >= 4 is 70.3 Å². The van der Waals surface area contributed by atoms with Crippen LogP contribution in [0.15, 0.2) is 85.5 Å². The fraction of sp³-hybridized carbons (Fsp3) is 0.238. The molecule has 0 radical (unpaired) electrons. The highest BCUT2D eigenvalue weighted by molar-refractivity contribution is 7.91. The van der Waals surface area contributed by atoms with E-state index in [1.807, 2.05) is 60.7 Å². The standard InChI is InChI=1S/C21H20N6O3S.C21H18N6O2S/c22-19-17(20(23)28)18(12-5-7-31(29,30)8-6-12)26-21-15(11-25-27(19)21)14-9-13-3-1-2-4-16(13)24-10-14;22-10-16-19(13-5-7-30(28,29)8-6-13)26-21-17(12-25-27(21)20(16)23)15-9-14-3-1-2-4-18(14)24-11-15/h1-4,9-12H,5-8,22H2,(H2,23,28);1-4,9,11-13H,5-8,23H2.